The van der Waals surface area contributed by atoms with Crippen LogP contribution in [0.15, 0.2) is 77.2 Å². The summed E-state index contributed by atoms with van der Waals surface area (Å²) in [6, 6.07) is 20.3. The Hall–Kier alpha value is -3.52. The van der Waals surface area contributed by atoms with Gasteiger partial charge in [-0.1, -0.05) is 54.1 Å². The van der Waals surface area contributed by atoms with Gasteiger partial charge in [0.05, 0.1) is 5.69 Å². The van der Waals surface area contributed by atoms with E-state index in [0.717, 1.165) is 32.8 Å². The van der Waals surface area contributed by atoms with Crippen molar-refractivity contribution in [3.8, 4) is 22.6 Å². The first kappa shape index (κ1) is 17.6. The Morgan fingerprint density at radius 3 is 2.55 bits per heavy atom. The van der Waals surface area contributed by atoms with Crippen molar-refractivity contribution in [3.63, 3.8) is 0 Å². The van der Waals surface area contributed by atoms with Crippen LogP contribution in [0, 0.1) is 6.92 Å². The average Bonchev–Trinajstić information content (AvgIpc) is 3.36. The van der Waals surface area contributed by atoms with Crippen LogP contribution in [0.1, 0.15) is 5.56 Å². The minimum absolute atomic E-state index is 0.551. The minimum Gasteiger partial charge on any atom is -0.305 e. The summed E-state index contributed by atoms with van der Waals surface area (Å²) in [6.07, 6.45) is 1.51. The minimum atomic E-state index is 0.551. The molecule has 0 aliphatic carbocycles. The molecule has 0 aliphatic heterocycles. The average molecular weight is 399 g/mol. The van der Waals surface area contributed by atoms with E-state index in [1.54, 1.807) is 4.52 Å². The molecule has 8 heteroatoms. The number of benzene rings is 2. The number of aromatic nitrogens is 7. The van der Waals surface area contributed by atoms with Gasteiger partial charge in [-0.15, -0.1) is 10.2 Å². The van der Waals surface area contributed by atoms with Crippen LogP contribution in [0.5, 0.6) is 0 Å². The maximum atomic E-state index is 4.63. The fraction of sp³-hybridized carbons (Fsp3) is 0.0952. The molecule has 0 atom stereocenters. The Bertz CT molecular complexity index is 1310. The van der Waals surface area contributed by atoms with Crippen molar-refractivity contribution in [2.45, 2.75) is 17.1 Å². The molecule has 5 rings (SSSR count). The number of aryl methyl sites for hydroxylation is 1. The zero-order valence-corrected chi connectivity index (χ0v) is 16.7. The molecule has 7 nitrogen and oxygen atoms in total. The van der Waals surface area contributed by atoms with Crippen LogP contribution >= 0.6 is 11.8 Å². The third kappa shape index (κ3) is 3.27. The first-order chi connectivity index (χ1) is 14.2. The number of nitrogens with zero attached hydrogens (tertiary/aromatic N) is 7. The number of hydrogen-bond acceptors (Lipinski definition) is 6. The van der Waals surface area contributed by atoms with Crippen molar-refractivity contribution >= 4 is 17.5 Å². The van der Waals surface area contributed by atoms with Crippen molar-refractivity contribution in [2.24, 2.45) is 7.05 Å². The molecule has 0 saturated carbocycles. The summed E-state index contributed by atoms with van der Waals surface area (Å²) in [4.78, 5) is 8.90. The monoisotopic (exact) mass is 399 g/mol. The molecule has 0 fully saturated rings. The highest BCUT2D eigenvalue weighted by Gasteiger charge is 2.16. The third-order valence-electron chi connectivity index (χ3n) is 4.60. The molecule has 3 heterocycles. The van der Waals surface area contributed by atoms with Crippen molar-refractivity contribution in [3.05, 3.63) is 72.6 Å². The Labute approximate surface area is 171 Å². The van der Waals surface area contributed by atoms with Gasteiger partial charge in [-0.2, -0.15) is 14.6 Å². The second-order valence-electron chi connectivity index (χ2n) is 6.65. The maximum Gasteiger partial charge on any atom is 0.253 e. The Morgan fingerprint density at radius 1 is 0.897 bits per heavy atom. The lowest BCUT2D eigenvalue weighted by molar-refractivity contribution is 0.783. The van der Waals surface area contributed by atoms with Crippen molar-refractivity contribution in [2.75, 3.05) is 0 Å². The summed E-state index contributed by atoms with van der Waals surface area (Å²) in [5.41, 5.74) is 4.09. The van der Waals surface area contributed by atoms with E-state index in [9.17, 15) is 0 Å². The summed E-state index contributed by atoms with van der Waals surface area (Å²) in [6.45, 7) is 2.07. The molecule has 29 heavy (non-hydrogen) atoms. The highest BCUT2D eigenvalue weighted by Crippen LogP contribution is 2.31. The Kier molecular flexibility index (Phi) is 4.33. The van der Waals surface area contributed by atoms with Crippen LogP contribution in [0.3, 0.4) is 0 Å². The fourth-order valence-corrected chi connectivity index (χ4v) is 4.03. The molecule has 0 bridgehead atoms. The van der Waals surface area contributed by atoms with Crippen LogP contribution in [-0.2, 0) is 7.05 Å². The Balaban J connectivity index is 1.57. The van der Waals surface area contributed by atoms with Crippen molar-refractivity contribution in [1.29, 1.82) is 0 Å². The van der Waals surface area contributed by atoms with Gasteiger partial charge in [-0.05, 0) is 30.8 Å². The van der Waals surface area contributed by atoms with Crippen LogP contribution in [-0.4, -0.2) is 34.3 Å². The van der Waals surface area contributed by atoms with Gasteiger partial charge in [-0.25, -0.2) is 4.98 Å². The SMILES string of the molecule is Cc1cccc(-c2nnc(Sc3cc(-c4ccccc4)nc4ncnn34)n2C)c1. The third-order valence-corrected chi connectivity index (χ3v) is 5.63. The van der Waals surface area contributed by atoms with Crippen molar-refractivity contribution in [1.82, 2.24) is 34.3 Å². The van der Waals surface area contributed by atoms with Gasteiger partial charge in [0.25, 0.3) is 5.78 Å². The first-order valence-electron chi connectivity index (χ1n) is 9.09. The van der Waals surface area contributed by atoms with Gasteiger partial charge < -0.3 is 4.57 Å². The van der Waals surface area contributed by atoms with Gasteiger partial charge in [0.1, 0.15) is 11.4 Å². The topological polar surface area (TPSA) is 73.8 Å². The largest absolute Gasteiger partial charge is 0.305 e. The molecule has 142 valence electrons. The molecular weight excluding hydrogens is 382 g/mol. The summed E-state index contributed by atoms with van der Waals surface area (Å²) >= 11 is 1.49. The molecule has 3 aromatic heterocycles. The first-order valence-corrected chi connectivity index (χ1v) is 9.91. The lowest BCUT2D eigenvalue weighted by atomic mass is 10.1. The van der Waals surface area contributed by atoms with E-state index in [4.69, 9.17) is 0 Å². The maximum absolute atomic E-state index is 4.63. The van der Waals surface area contributed by atoms with Crippen LogP contribution in [0.2, 0.25) is 0 Å². The lowest BCUT2D eigenvalue weighted by Gasteiger charge is -2.08. The number of fused-ring (bicyclic) bond motifs is 1. The van der Waals surface area contributed by atoms with E-state index in [0.29, 0.717) is 5.78 Å². The Morgan fingerprint density at radius 2 is 1.72 bits per heavy atom. The van der Waals surface area contributed by atoms with Crippen LogP contribution in [0.25, 0.3) is 28.4 Å². The lowest BCUT2D eigenvalue weighted by Crippen LogP contribution is -2.00. The van der Waals surface area contributed by atoms with Gasteiger partial charge in [0.15, 0.2) is 11.0 Å². The van der Waals surface area contributed by atoms with Crippen LogP contribution < -0.4 is 0 Å². The summed E-state index contributed by atoms with van der Waals surface area (Å²) in [5.74, 6) is 1.37. The predicted molar refractivity (Wildman–Crippen MR) is 112 cm³/mol. The second-order valence-corrected chi connectivity index (χ2v) is 7.64. The van der Waals surface area contributed by atoms with Crippen molar-refractivity contribution < 1.29 is 0 Å². The van der Waals surface area contributed by atoms with Crippen LogP contribution in [0.4, 0.5) is 0 Å². The highest BCUT2D eigenvalue weighted by atomic mass is 32.2. The quantitative estimate of drug-likeness (QED) is 0.425. The number of rotatable bonds is 4. The van der Waals surface area contributed by atoms with E-state index in [-0.39, 0.29) is 0 Å². The van der Waals surface area contributed by atoms with Gasteiger partial charge in [0, 0.05) is 18.2 Å². The summed E-state index contributed by atoms with van der Waals surface area (Å²) in [5, 5.41) is 14.8. The fourth-order valence-electron chi connectivity index (χ4n) is 3.15. The molecule has 0 N–H and O–H groups in total. The molecule has 0 amide bonds. The predicted octanol–water partition coefficient (Wildman–Crippen LogP) is 4.05. The smallest absolute Gasteiger partial charge is 0.253 e. The van der Waals surface area contributed by atoms with E-state index >= 15 is 0 Å². The molecule has 0 spiro atoms. The van der Waals surface area contributed by atoms with E-state index in [2.05, 4.69) is 44.3 Å². The molecule has 2 aromatic carbocycles. The van der Waals surface area contributed by atoms with Gasteiger partial charge in [0.2, 0.25) is 0 Å². The zero-order chi connectivity index (χ0) is 19.8. The van der Waals surface area contributed by atoms with E-state index in [1.165, 1.54) is 23.7 Å². The molecule has 0 aliphatic rings. The molecule has 0 saturated heterocycles. The standard InChI is InChI=1S/C21H17N7S/c1-14-7-6-10-16(11-14)19-25-26-21(27(19)2)29-18-12-17(15-8-4-3-5-9-15)24-20-22-13-23-28(18)20/h3-13H,1-2H3. The van der Waals surface area contributed by atoms with Gasteiger partial charge >= 0.3 is 0 Å². The summed E-state index contributed by atoms with van der Waals surface area (Å²) < 4.78 is 3.71. The molecule has 0 radical (unpaired) electrons. The highest BCUT2D eigenvalue weighted by molar-refractivity contribution is 7.99. The molecule has 5 aromatic rings. The molecule has 0 unspecified atom stereocenters. The summed E-state index contributed by atoms with van der Waals surface area (Å²) in [7, 11) is 1.97. The molecular formula is C21H17N7S. The normalized spacial score (nSPS) is 11.2. The second kappa shape index (κ2) is 7.14. The van der Waals surface area contributed by atoms with E-state index in [1.807, 2.05) is 60.1 Å². The van der Waals surface area contributed by atoms with Gasteiger partial charge in [-0.3, -0.25) is 0 Å². The zero-order valence-electron chi connectivity index (χ0n) is 15.9. The number of hydrogen-bond donors (Lipinski definition) is 0. The van der Waals surface area contributed by atoms with E-state index < -0.39 is 0 Å².